The number of hydrogen-bond donors (Lipinski definition) is 2. The molecule has 0 bridgehead atoms. The van der Waals surface area contributed by atoms with Crippen LogP contribution >= 0.6 is 12.4 Å². The van der Waals surface area contributed by atoms with Gasteiger partial charge in [-0.2, -0.15) is 0 Å². The number of sulfonamides is 1. The third kappa shape index (κ3) is 4.92. The van der Waals surface area contributed by atoms with Gasteiger partial charge in [0.2, 0.25) is 10.0 Å². The summed E-state index contributed by atoms with van der Waals surface area (Å²) in [5.74, 6) is -1.59. The van der Waals surface area contributed by atoms with Gasteiger partial charge in [0.15, 0.2) is 0 Å². The van der Waals surface area contributed by atoms with Crippen molar-refractivity contribution in [2.45, 2.75) is 30.2 Å². The lowest BCUT2D eigenvalue weighted by molar-refractivity contribution is 0.0600. The zero-order chi connectivity index (χ0) is 18.7. The van der Waals surface area contributed by atoms with E-state index in [4.69, 9.17) is 4.74 Å². The fraction of sp³-hybridized carbons (Fsp3) is 0.562. The third-order valence-electron chi connectivity index (χ3n) is 4.36. The number of rotatable bonds is 7. The van der Waals surface area contributed by atoms with Crippen LogP contribution in [0.1, 0.15) is 28.8 Å². The Kier molecular flexibility index (Phi) is 7.97. The largest absolute Gasteiger partial charge is 0.465 e. The van der Waals surface area contributed by atoms with Gasteiger partial charge in [0, 0.05) is 19.2 Å². The number of carbonyl (C=O) groups is 1. The zero-order valence-corrected chi connectivity index (χ0v) is 16.6. The molecule has 2 N–H and O–H groups in total. The van der Waals surface area contributed by atoms with Gasteiger partial charge in [0.25, 0.3) is 0 Å². The molecule has 1 heterocycles. The summed E-state index contributed by atoms with van der Waals surface area (Å²) in [7, 11) is -1.32. The Balaban J connectivity index is 0.00000338. The van der Waals surface area contributed by atoms with Gasteiger partial charge in [-0.15, -0.1) is 12.4 Å². The van der Waals surface area contributed by atoms with Gasteiger partial charge in [0.05, 0.1) is 29.7 Å². The van der Waals surface area contributed by atoms with E-state index in [1.165, 1.54) is 6.92 Å². The first kappa shape index (κ1) is 22.8. The molecule has 1 unspecified atom stereocenters. The van der Waals surface area contributed by atoms with Crippen LogP contribution in [0, 0.1) is 12.7 Å². The highest BCUT2D eigenvalue weighted by Gasteiger charge is 2.35. The summed E-state index contributed by atoms with van der Waals surface area (Å²) < 4.78 is 51.7. The van der Waals surface area contributed by atoms with E-state index in [2.05, 4.69) is 14.8 Å². The van der Waals surface area contributed by atoms with E-state index in [1.54, 1.807) is 7.11 Å². The lowest BCUT2D eigenvalue weighted by Gasteiger charge is -2.29. The van der Waals surface area contributed by atoms with Crippen molar-refractivity contribution in [2.75, 3.05) is 33.9 Å². The summed E-state index contributed by atoms with van der Waals surface area (Å²) in [5.41, 5.74) is -0.703. The van der Waals surface area contributed by atoms with Crippen molar-refractivity contribution in [3.05, 3.63) is 29.1 Å². The van der Waals surface area contributed by atoms with E-state index in [0.717, 1.165) is 38.6 Å². The molecule has 0 aromatic heterocycles. The van der Waals surface area contributed by atoms with Gasteiger partial charge in [-0.05, 0) is 38.4 Å². The minimum absolute atomic E-state index is 0. The molecule has 0 spiro atoms. The minimum Gasteiger partial charge on any atom is -0.465 e. The van der Waals surface area contributed by atoms with Crippen LogP contribution in [0.2, 0.25) is 0 Å². The van der Waals surface area contributed by atoms with E-state index in [1.807, 2.05) is 0 Å². The first-order chi connectivity index (χ1) is 11.7. The smallest absolute Gasteiger partial charge is 0.337 e. The summed E-state index contributed by atoms with van der Waals surface area (Å²) >= 11 is 0. The number of hydrogen-bond acceptors (Lipinski definition) is 6. The number of halogens is 2. The van der Waals surface area contributed by atoms with Crippen LogP contribution in [-0.4, -0.2) is 53.8 Å². The molecule has 0 saturated carbocycles. The molecule has 0 amide bonds. The highest BCUT2D eigenvalue weighted by molar-refractivity contribution is 7.89. The van der Waals surface area contributed by atoms with Crippen LogP contribution in [0.5, 0.6) is 0 Å². The predicted octanol–water partition coefficient (Wildman–Crippen LogP) is 1.39. The second-order valence-electron chi connectivity index (χ2n) is 6.14. The molecule has 1 aliphatic heterocycles. The van der Waals surface area contributed by atoms with E-state index in [9.17, 15) is 17.6 Å². The average molecular weight is 411 g/mol. The van der Waals surface area contributed by atoms with Crippen LogP contribution in [0.15, 0.2) is 17.0 Å². The van der Waals surface area contributed by atoms with Crippen LogP contribution in [-0.2, 0) is 19.5 Å². The molecule has 10 heteroatoms. The highest BCUT2D eigenvalue weighted by atomic mass is 35.5. The first-order valence-corrected chi connectivity index (χ1v) is 9.35. The van der Waals surface area contributed by atoms with Crippen LogP contribution < -0.4 is 10.0 Å². The van der Waals surface area contributed by atoms with E-state index < -0.39 is 27.3 Å². The summed E-state index contributed by atoms with van der Waals surface area (Å²) in [4.78, 5) is 11.3. The lowest BCUT2D eigenvalue weighted by atomic mass is 9.99. The van der Waals surface area contributed by atoms with Crippen molar-refractivity contribution in [2.24, 2.45) is 0 Å². The van der Waals surface area contributed by atoms with Crippen LogP contribution in [0.4, 0.5) is 4.39 Å². The number of ether oxygens (including phenoxy) is 2. The number of esters is 1. The maximum Gasteiger partial charge on any atom is 0.337 e. The molecule has 0 radical (unpaired) electrons. The standard InChI is InChI=1S/C16H23FN2O5S.ClH/c1-11-13(17)7-12(15(20)24-3)8-14(11)25(21,22)19-9-16(10-23-2)5-4-6-18-16;/h7-8,18-19H,4-6,9-10H2,1-3H3;1H. The van der Waals surface area contributed by atoms with Gasteiger partial charge >= 0.3 is 5.97 Å². The normalized spacial score (nSPS) is 19.8. The van der Waals surface area contributed by atoms with Crippen molar-refractivity contribution < 1.29 is 27.1 Å². The number of methoxy groups -OCH3 is 2. The Morgan fingerprint density at radius 2 is 2.08 bits per heavy atom. The molecule has 148 valence electrons. The fourth-order valence-corrected chi connectivity index (χ4v) is 4.35. The maximum absolute atomic E-state index is 14.1. The van der Waals surface area contributed by atoms with E-state index in [-0.39, 0.29) is 35.0 Å². The molecule has 0 aliphatic carbocycles. The maximum atomic E-state index is 14.1. The molecule has 1 aromatic carbocycles. The zero-order valence-electron chi connectivity index (χ0n) is 14.9. The third-order valence-corrected chi connectivity index (χ3v) is 5.89. The summed E-state index contributed by atoms with van der Waals surface area (Å²) in [5, 5.41) is 3.26. The predicted molar refractivity (Wildman–Crippen MR) is 96.8 cm³/mol. The van der Waals surface area contributed by atoms with Crippen molar-refractivity contribution in [3.63, 3.8) is 0 Å². The Labute approximate surface area is 159 Å². The molecular formula is C16H24ClFN2O5S. The summed E-state index contributed by atoms with van der Waals surface area (Å²) in [6.07, 6.45) is 1.68. The molecular weight excluding hydrogens is 387 g/mol. The number of nitrogens with one attached hydrogen (secondary N) is 2. The molecule has 26 heavy (non-hydrogen) atoms. The monoisotopic (exact) mass is 410 g/mol. The lowest BCUT2D eigenvalue weighted by Crippen LogP contribution is -2.52. The minimum atomic E-state index is -4.01. The molecule has 1 aromatic rings. The summed E-state index contributed by atoms with van der Waals surface area (Å²) in [6, 6.07) is 2.09. The van der Waals surface area contributed by atoms with Gasteiger partial charge < -0.3 is 14.8 Å². The van der Waals surface area contributed by atoms with Crippen molar-refractivity contribution >= 4 is 28.4 Å². The average Bonchev–Trinajstić information content (AvgIpc) is 3.04. The quantitative estimate of drug-likeness (QED) is 0.660. The first-order valence-electron chi connectivity index (χ1n) is 7.87. The molecule has 7 nitrogen and oxygen atoms in total. The Morgan fingerprint density at radius 1 is 1.38 bits per heavy atom. The van der Waals surface area contributed by atoms with Gasteiger partial charge in [-0.3, -0.25) is 0 Å². The topological polar surface area (TPSA) is 93.7 Å². The van der Waals surface area contributed by atoms with Crippen molar-refractivity contribution in [1.82, 2.24) is 10.0 Å². The highest BCUT2D eigenvalue weighted by Crippen LogP contribution is 2.23. The van der Waals surface area contributed by atoms with Gasteiger partial charge in [0.1, 0.15) is 5.82 Å². The second-order valence-corrected chi connectivity index (χ2v) is 7.88. The van der Waals surface area contributed by atoms with Crippen molar-refractivity contribution in [1.29, 1.82) is 0 Å². The Morgan fingerprint density at radius 3 is 2.62 bits per heavy atom. The fourth-order valence-electron chi connectivity index (χ4n) is 2.95. The molecule has 1 atom stereocenters. The van der Waals surface area contributed by atoms with Crippen LogP contribution in [0.25, 0.3) is 0 Å². The number of carbonyl (C=O) groups excluding carboxylic acids is 1. The SMILES string of the molecule is COCC1(CNS(=O)(=O)c2cc(C(=O)OC)cc(F)c2C)CCCN1.Cl. The van der Waals surface area contributed by atoms with Gasteiger partial charge in [-0.1, -0.05) is 0 Å². The molecule has 2 rings (SSSR count). The van der Waals surface area contributed by atoms with E-state index in [0.29, 0.717) is 6.61 Å². The molecule has 1 fully saturated rings. The van der Waals surface area contributed by atoms with Crippen LogP contribution in [0.3, 0.4) is 0 Å². The van der Waals surface area contributed by atoms with Gasteiger partial charge in [-0.25, -0.2) is 22.3 Å². The Hall–Kier alpha value is -1.26. The summed E-state index contributed by atoms with van der Waals surface area (Å²) in [6.45, 7) is 2.58. The Bertz CT molecular complexity index is 751. The molecule has 1 aliphatic rings. The van der Waals surface area contributed by atoms with Crippen molar-refractivity contribution in [3.8, 4) is 0 Å². The molecule has 1 saturated heterocycles. The van der Waals surface area contributed by atoms with E-state index >= 15 is 0 Å². The number of benzene rings is 1. The second kappa shape index (κ2) is 9.09.